The van der Waals surface area contributed by atoms with Crippen molar-refractivity contribution in [3.05, 3.63) is 94.3 Å². The molecule has 2 atom stereocenters. The number of allylic oxidation sites excluding steroid dienone is 3. The average molecular weight is 571 g/mol. The third kappa shape index (κ3) is 5.37. The van der Waals surface area contributed by atoms with E-state index in [0.717, 1.165) is 11.3 Å². The minimum Gasteiger partial charge on any atom is -0.504 e. The van der Waals surface area contributed by atoms with Crippen molar-refractivity contribution in [2.24, 2.45) is 0 Å². The summed E-state index contributed by atoms with van der Waals surface area (Å²) in [6.07, 6.45) is 0.821. The lowest BCUT2D eigenvalue weighted by molar-refractivity contribution is -0.116. The fourth-order valence-corrected chi connectivity index (χ4v) is 5.76. The number of amides is 1. The van der Waals surface area contributed by atoms with Crippen molar-refractivity contribution in [3.63, 3.8) is 0 Å². The predicted molar refractivity (Wildman–Crippen MR) is 158 cm³/mol. The molecule has 1 heterocycles. The van der Waals surface area contributed by atoms with E-state index < -0.39 is 5.92 Å². The molecule has 1 aliphatic heterocycles. The van der Waals surface area contributed by atoms with Gasteiger partial charge in [0.1, 0.15) is 5.75 Å². The summed E-state index contributed by atoms with van der Waals surface area (Å²) in [6, 6.07) is 17.7. The number of anilines is 1. The Hall–Kier alpha value is -4.92. The van der Waals surface area contributed by atoms with Crippen LogP contribution in [0.25, 0.3) is 0 Å². The summed E-state index contributed by atoms with van der Waals surface area (Å²) in [7, 11) is 6.21. The predicted octanol–water partition coefficient (Wildman–Crippen LogP) is 5.43. The van der Waals surface area contributed by atoms with Crippen LogP contribution in [-0.4, -0.2) is 45.2 Å². The van der Waals surface area contributed by atoms with Crippen molar-refractivity contribution in [3.8, 4) is 28.7 Å². The molecule has 3 aromatic carbocycles. The Labute approximate surface area is 244 Å². The Morgan fingerprint density at radius 2 is 1.50 bits per heavy atom. The molecule has 42 heavy (non-hydrogen) atoms. The molecule has 3 aromatic rings. The highest BCUT2D eigenvalue weighted by Crippen LogP contribution is 2.47. The van der Waals surface area contributed by atoms with Crippen molar-refractivity contribution in [1.82, 2.24) is 5.32 Å². The molecule has 0 unspecified atom stereocenters. The number of benzene rings is 3. The molecule has 0 spiro atoms. The Balaban J connectivity index is 1.56. The maximum absolute atomic E-state index is 14.0. The largest absolute Gasteiger partial charge is 0.504 e. The quantitative estimate of drug-likeness (QED) is 0.329. The van der Waals surface area contributed by atoms with E-state index >= 15 is 0 Å². The van der Waals surface area contributed by atoms with Gasteiger partial charge in [-0.3, -0.25) is 9.59 Å². The molecule has 2 aliphatic rings. The van der Waals surface area contributed by atoms with Gasteiger partial charge in [-0.05, 0) is 78.9 Å². The van der Waals surface area contributed by atoms with Crippen LogP contribution in [-0.2, 0) is 9.59 Å². The fourth-order valence-electron chi connectivity index (χ4n) is 5.76. The Morgan fingerprint density at radius 3 is 2.17 bits per heavy atom. The molecule has 218 valence electrons. The van der Waals surface area contributed by atoms with Gasteiger partial charge in [-0.2, -0.15) is 0 Å². The van der Waals surface area contributed by atoms with Gasteiger partial charge in [-0.1, -0.05) is 12.1 Å². The number of carbonyl (C=O) groups excluding carboxylic acids is 2. The van der Waals surface area contributed by atoms with E-state index in [4.69, 9.17) is 18.9 Å². The second kappa shape index (κ2) is 11.9. The van der Waals surface area contributed by atoms with Gasteiger partial charge in [0.05, 0.1) is 28.4 Å². The summed E-state index contributed by atoms with van der Waals surface area (Å²) in [5.74, 6) is 0.932. The van der Waals surface area contributed by atoms with Crippen LogP contribution < -0.4 is 29.6 Å². The monoisotopic (exact) mass is 570 g/mol. The minimum absolute atomic E-state index is 0.0298. The van der Waals surface area contributed by atoms with Crippen LogP contribution in [0.5, 0.6) is 28.7 Å². The zero-order valence-corrected chi connectivity index (χ0v) is 24.2. The second-order valence-electron chi connectivity index (χ2n) is 10.2. The zero-order chi connectivity index (χ0) is 30.0. The molecule has 1 aliphatic carbocycles. The summed E-state index contributed by atoms with van der Waals surface area (Å²) in [5, 5.41) is 16.7. The number of nitrogens with one attached hydrogen (secondary N) is 2. The number of rotatable bonds is 8. The Morgan fingerprint density at radius 1 is 0.833 bits per heavy atom. The van der Waals surface area contributed by atoms with Crippen LogP contribution in [0.1, 0.15) is 42.7 Å². The number of carbonyl (C=O) groups is 2. The first kappa shape index (κ1) is 28.6. The summed E-state index contributed by atoms with van der Waals surface area (Å²) in [4.78, 5) is 27.9. The molecule has 0 aromatic heterocycles. The summed E-state index contributed by atoms with van der Waals surface area (Å²) >= 11 is 0. The van der Waals surface area contributed by atoms with Crippen molar-refractivity contribution in [1.29, 1.82) is 0 Å². The van der Waals surface area contributed by atoms with E-state index in [2.05, 4.69) is 10.6 Å². The zero-order valence-electron chi connectivity index (χ0n) is 24.2. The number of Topliss-reactive ketones (excluding diaryl/α,β-unsaturated/α-hetero) is 1. The molecule has 3 N–H and O–H groups in total. The van der Waals surface area contributed by atoms with Gasteiger partial charge in [0.2, 0.25) is 0 Å². The van der Waals surface area contributed by atoms with E-state index in [1.165, 1.54) is 13.2 Å². The summed E-state index contributed by atoms with van der Waals surface area (Å²) < 4.78 is 21.5. The first-order valence-electron chi connectivity index (χ1n) is 13.6. The number of ketones is 1. The van der Waals surface area contributed by atoms with Gasteiger partial charge in [0.15, 0.2) is 28.8 Å². The molecule has 1 amide bonds. The standard InChI is InChI=1S/C33H34N2O7/c1-18-30(33(38)35-22-8-10-23(39-2)11-9-22)31(20-6-12-25(36)28(17-20)41-4)32-24(34-18)14-21(15-26(32)37)19-7-13-27(40-3)29(16-19)42-5/h6-13,16-17,21,31,34,36H,14-15H2,1-5H3,(H,35,38)/t21-,31-/m0/s1. The highest BCUT2D eigenvalue weighted by Gasteiger charge is 2.41. The van der Waals surface area contributed by atoms with E-state index in [1.54, 1.807) is 57.7 Å². The van der Waals surface area contributed by atoms with Crippen molar-refractivity contribution in [2.75, 3.05) is 33.8 Å². The van der Waals surface area contributed by atoms with Gasteiger partial charge >= 0.3 is 0 Å². The van der Waals surface area contributed by atoms with Gasteiger partial charge in [0, 0.05) is 40.6 Å². The molecule has 0 fully saturated rings. The topological polar surface area (TPSA) is 115 Å². The van der Waals surface area contributed by atoms with E-state index in [0.29, 0.717) is 51.8 Å². The molecule has 0 saturated heterocycles. The lowest BCUT2D eigenvalue weighted by Crippen LogP contribution is -2.37. The number of ether oxygens (including phenoxy) is 4. The van der Waals surface area contributed by atoms with Crippen LogP contribution in [0.15, 0.2) is 83.2 Å². The lowest BCUT2D eigenvalue weighted by atomic mass is 9.71. The van der Waals surface area contributed by atoms with Crippen molar-refractivity contribution < 1.29 is 33.6 Å². The maximum Gasteiger partial charge on any atom is 0.254 e. The second-order valence-corrected chi connectivity index (χ2v) is 10.2. The number of methoxy groups -OCH3 is 4. The molecular weight excluding hydrogens is 536 g/mol. The molecule has 9 nitrogen and oxygen atoms in total. The van der Waals surface area contributed by atoms with E-state index in [-0.39, 0.29) is 35.5 Å². The number of phenolic OH excluding ortho intramolecular Hbond substituents is 1. The van der Waals surface area contributed by atoms with Crippen molar-refractivity contribution in [2.45, 2.75) is 31.6 Å². The normalized spacial score (nSPS) is 18.2. The molecule has 0 radical (unpaired) electrons. The van der Waals surface area contributed by atoms with Crippen LogP contribution in [0, 0.1) is 0 Å². The average Bonchev–Trinajstić information content (AvgIpc) is 3.00. The highest BCUT2D eigenvalue weighted by atomic mass is 16.5. The van der Waals surface area contributed by atoms with E-state index in [1.807, 2.05) is 25.1 Å². The highest BCUT2D eigenvalue weighted by molar-refractivity contribution is 6.10. The Bertz CT molecular complexity index is 1590. The lowest BCUT2D eigenvalue weighted by Gasteiger charge is -2.37. The SMILES string of the molecule is COc1ccc(NC(=O)C2=C(C)NC3=C(C(=O)C[C@@H](c4ccc(OC)c(OC)c4)C3)[C@H]2c2ccc(O)c(OC)c2)cc1. The first-order valence-corrected chi connectivity index (χ1v) is 13.6. The van der Waals surface area contributed by atoms with Crippen molar-refractivity contribution >= 4 is 17.4 Å². The van der Waals surface area contributed by atoms with Crippen LogP contribution in [0.3, 0.4) is 0 Å². The molecule has 0 bridgehead atoms. The van der Waals surface area contributed by atoms with Gasteiger partial charge < -0.3 is 34.7 Å². The fraction of sp³-hybridized carbons (Fsp3) is 0.273. The third-order valence-electron chi connectivity index (χ3n) is 7.84. The summed E-state index contributed by atoms with van der Waals surface area (Å²) in [5.41, 5.74) is 4.56. The third-order valence-corrected chi connectivity index (χ3v) is 7.84. The molecule has 0 saturated carbocycles. The number of dihydropyridines is 1. The van der Waals surface area contributed by atoms with Crippen LogP contribution in [0.2, 0.25) is 0 Å². The minimum atomic E-state index is -0.673. The molecule has 5 rings (SSSR count). The number of hydrogen-bond acceptors (Lipinski definition) is 8. The smallest absolute Gasteiger partial charge is 0.254 e. The number of phenols is 1. The van der Waals surface area contributed by atoms with Crippen LogP contribution >= 0.6 is 0 Å². The molecular formula is C33H34N2O7. The summed E-state index contributed by atoms with van der Waals surface area (Å²) in [6.45, 7) is 1.84. The Kier molecular flexibility index (Phi) is 8.10. The first-order chi connectivity index (χ1) is 20.3. The maximum atomic E-state index is 14.0. The number of hydrogen-bond donors (Lipinski definition) is 3. The van der Waals surface area contributed by atoms with Gasteiger partial charge in [0.25, 0.3) is 5.91 Å². The molecule has 9 heteroatoms. The van der Waals surface area contributed by atoms with Gasteiger partial charge in [-0.25, -0.2) is 0 Å². The number of aromatic hydroxyl groups is 1. The van der Waals surface area contributed by atoms with Gasteiger partial charge in [-0.15, -0.1) is 0 Å². The van der Waals surface area contributed by atoms with Crippen LogP contribution in [0.4, 0.5) is 5.69 Å². The van der Waals surface area contributed by atoms with E-state index in [9.17, 15) is 14.7 Å².